The van der Waals surface area contributed by atoms with Crippen LogP contribution in [0.15, 0.2) is 48.5 Å². The number of rotatable bonds is 7. The largest absolute Gasteiger partial charge is 0.303 e. The van der Waals surface area contributed by atoms with Crippen LogP contribution in [0.1, 0.15) is 58.6 Å². The lowest BCUT2D eigenvalue weighted by atomic mass is 9.80. The molecule has 0 bridgehead atoms. The number of hydrogen-bond donors (Lipinski definition) is 0. The first-order chi connectivity index (χ1) is 14.2. The van der Waals surface area contributed by atoms with Crippen LogP contribution in [0.3, 0.4) is 0 Å². The normalized spacial score (nSPS) is 20.6. The molecule has 0 N–H and O–H groups in total. The molecule has 1 saturated heterocycles. The molecule has 0 spiro atoms. The van der Waals surface area contributed by atoms with Gasteiger partial charge in [0.2, 0.25) is 0 Å². The summed E-state index contributed by atoms with van der Waals surface area (Å²) in [4.78, 5) is 25.2. The predicted octanol–water partition coefficient (Wildman–Crippen LogP) is 4.78. The number of carbonyl (C=O) groups is 1. The smallest absolute Gasteiger partial charge is 0.166 e. The highest BCUT2D eigenvalue weighted by Crippen LogP contribution is 2.31. The van der Waals surface area contributed by atoms with Crippen molar-refractivity contribution in [1.29, 1.82) is 0 Å². The maximum atomic E-state index is 13.0. The van der Waals surface area contributed by atoms with E-state index < -0.39 is 0 Å². The Morgan fingerprint density at radius 2 is 1.83 bits per heavy atom. The van der Waals surface area contributed by atoms with E-state index in [2.05, 4.69) is 46.2 Å². The zero-order valence-corrected chi connectivity index (χ0v) is 17.3. The quantitative estimate of drug-likeness (QED) is 0.501. The van der Waals surface area contributed by atoms with Crippen molar-refractivity contribution < 1.29 is 14.6 Å². The van der Waals surface area contributed by atoms with E-state index >= 15 is 0 Å². The minimum Gasteiger partial charge on any atom is -0.303 e. The molecule has 0 saturated carbocycles. The summed E-state index contributed by atoms with van der Waals surface area (Å²) in [6.07, 6.45) is 5.35. The van der Waals surface area contributed by atoms with Gasteiger partial charge >= 0.3 is 0 Å². The van der Waals surface area contributed by atoms with Gasteiger partial charge < -0.3 is 4.90 Å². The van der Waals surface area contributed by atoms with Crippen LogP contribution < -0.4 is 0 Å². The molecule has 1 heterocycles. The standard InChI is InChI=1S/C25H31NO3/c1-28-29-18-19-7-10-24-23(17-19)9-8-22(25(24)27)13-16-26-14-11-21(12-15-26)20-5-3-2-4-6-20/h2-7,10,17,21-22H,8-9,11-16,18H2,1H3. The van der Waals surface area contributed by atoms with Crippen LogP contribution in [0.4, 0.5) is 0 Å². The molecule has 1 unspecified atom stereocenters. The Bertz CT molecular complexity index is 812. The molecule has 0 radical (unpaired) electrons. The van der Waals surface area contributed by atoms with Crippen LogP contribution in [0.25, 0.3) is 0 Å². The van der Waals surface area contributed by atoms with Crippen molar-refractivity contribution >= 4 is 5.78 Å². The Hall–Kier alpha value is -2.01. The molecule has 2 aromatic rings. The molecular weight excluding hydrogens is 362 g/mol. The highest BCUT2D eigenvalue weighted by Gasteiger charge is 2.28. The molecule has 2 aromatic carbocycles. The summed E-state index contributed by atoms with van der Waals surface area (Å²) in [6, 6.07) is 16.9. The van der Waals surface area contributed by atoms with Gasteiger partial charge in [-0.15, -0.1) is 0 Å². The average Bonchev–Trinajstić information content (AvgIpc) is 2.78. The number of hydrogen-bond acceptors (Lipinski definition) is 4. The van der Waals surface area contributed by atoms with E-state index in [0.717, 1.165) is 55.6 Å². The van der Waals surface area contributed by atoms with Crippen LogP contribution >= 0.6 is 0 Å². The van der Waals surface area contributed by atoms with E-state index in [1.165, 1.54) is 25.5 Å². The summed E-state index contributed by atoms with van der Waals surface area (Å²) in [5.74, 6) is 1.17. The summed E-state index contributed by atoms with van der Waals surface area (Å²) < 4.78 is 0. The SMILES string of the molecule is COOCc1ccc2c(c1)CCC(CCN1CCC(c3ccccc3)CC1)C2=O. The van der Waals surface area contributed by atoms with Gasteiger partial charge in [-0.05, 0) is 74.3 Å². The molecule has 4 heteroatoms. The Balaban J connectivity index is 1.27. The van der Waals surface area contributed by atoms with E-state index in [0.29, 0.717) is 18.3 Å². The number of ketones is 1. The molecular formula is C25H31NO3. The van der Waals surface area contributed by atoms with Gasteiger partial charge in [0.05, 0.1) is 7.11 Å². The molecule has 4 nitrogen and oxygen atoms in total. The van der Waals surface area contributed by atoms with Crippen molar-refractivity contribution in [3.05, 3.63) is 70.8 Å². The fourth-order valence-electron chi connectivity index (χ4n) is 4.82. The van der Waals surface area contributed by atoms with E-state index in [-0.39, 0.29) is 5.92 Å². The van der Waals surface area contributed by atoms with E-state index in [1.807, 2.05) is 12.1 Å². The second kappa shape index (κ2) is 9.66. The van der Waals surface area contributed by atoms with Crippen molar-refractivity contribution in [1.82, 2.24) is 4.90 Å². The number of carbonyl (C=O) groups excluding carboxylic acids is 1. The van der Waals surface area contributed by atoms with Gasteiger partial charge in [-0.1, -0.05) is 48.5 Å². The number of nitrogens with zero attached hydrogens (tertiary/aromatic N) is 1. The molecule has 1 aliphatic carbocycles. The van der Waals surface area contributed by atoms with Crippen molar-refractivity contribution in [2.75, 3.05) is 26.7 Å². The van der Waals surface area contributed by atoms with Gasteiger partial charge in [-0.2, -0.15) is 0 Å². The topological polar surface area (TPSA) is 38.8 Å². The summed E-state index contributed by atoms with van der Waals surface area (Å²) in [5, 5.41) is 0. The van der Waals surface area contributed by atoms with Gasteiger partial charge in [0.1, 0.15) is 6.61 Å². The second-order valence-electron chi connectivity index (χ2n) is 8.34. The van der Waals surface area contributed by atoms with Crippen molar-refractivity contribution in [2.24, 2.45) is 5.92 Å². The molecule has 154 valence electrons. The molecule has 1 fully saturated rings. The highest BCUT2D eigenvalue weighted by atomic mass is 17.2. The number of piperidine rings is 1. The first-order valence-electron chi connectivity index (χ1n) is 10.8. The molecule has 0 amide bonds. The lowest BCUT2D eigenvalue weighted by Crippen LogP contribution is -2.35. The Kier molecular flexibility index (Phi) is 6.75. The van der Waals surface area contributed by atoms with Gasteiger partial charge in [0.25, 0.3) is 0 Å². The minimum atomic E-state index is 0.162. The van der Waals surface area contributed by atoms with E-state index in [9.17, 15) is 4.79 Å². The molecule has 1 atom stereocenters. The van der Waals surface area contributed by atoms with E-state index in [4.69, 9.17) is 4.89 Å². The van der Waals surface area contributed by atoms with Crippen LogP contribution in [-0.2, 0) is 22.8 Å². The lowest BCUT2D eigenvalue weighted by Gasteiger charge is -2.33. The maximum Gasteiger partial charge on any atom is 0.166 e. The highest BCUT2D eigenvalue weighted by molar-refractivity contribution is 6.00. The number of likely N-dealkylation sites (tertiary alicyclic amines) is 1. The molecule has 0 aromatic heterocycles. The van der Waals surface area contributed by atoms with Gasteiger partial charge in [0, 0.05) is 11.5 Å². The van der Waals surface area contributed by atoms with Crippen LogP contribution in [-0.4, -0.2) is 37.4 Å². The van der Waals surface area contributed by atoms with Gasteiger partial charge in [-0.3, -0.25) is 4.79 Å². The monoisotopic (exact) mass is 393 g/mol. The number of aryl methyl sites for hydroxylation is 1. The third kappa shape index (κ3) is 4.95. The Morgan fingerprint density at radius 1 is 1.03 bits per heavy atom. The Morgan fingerprint density at radius 3 is 2.59 bits per heavy atom. The van der Waals surface area contributed by atoms with Crippen LogP contribution in [0.2, 0.25) is 0 Å². The zero-order chi connectivity index (χ0) is 20.1. The molecule has 2 aliphatic rings. The third-order valence-corrected chi connectivity index (χ3v) is 6.56. The van der Waals surface area contributed by atoms with Crippen LogP contribution in [0.5, 0.6) is 0 Å². The summed E-state index contributed by atoms with van der Waals surface area (Å²) in [7, 11) is 1.51. The maximum absolute atomic E-state index is 13.0. The summed E-state index contributed by atoms with van der Waals surface area (Å²) in [6.45, 7) is 3.73. The van der Waals surface area contributed by atoms with Gasteiger partial charge in [0.15, 0.2) is 5.78 Å². The lowest BCUT2D eigenvalue weighted by molar-refractivity contribution is -0.282. The molecule has 4 rings (SSSR count). The van der Waals surface area contributed by atoms with E-state index in [1.54, 1.807) is 0 Å². The summed E-state index contributed by atoms with van der Waals surface area (Å²) in [5.41, 5.74) is 4.59. The van der Waals surface area contributed by atoms with Crippen LogP contribution in [0, 0.1) is 5.92 Å². The van der Waals surface area contributed by atoms with Crippen molar-refractivity contribution in [2.45, 2.75) is 44.6 Å². The average molecular weight is 394 g/mol. The minimum absolute atomic E-state index is 0.162. The predicted molar refractivity (Wildman–Crippen MR) is 114 cm³/mol. The molecule has 1 aliphatic heterocycles. The fraction of sp³-hybridized carbons (Fsp3) is 0.480. The third-order valence-electron chi connectivity index (χ3n) is 6.56. The first-order valence-corrected chi connectivity index (χ1v) is 10.8. The molecule has 29 heavy (non-hydrogen) atoms. The fourth-order valence-corrected chi connectivity index (χ4v) is 4.82. The zero-order valence-electron chi connectivity index (χ0n) is 17.3. The number of benzene rings is 2. The van der Waals surface area contributed by atoms with Crippen molar-refractivity contribution in [3.8, 4) is 0 Å². The second-order valence-corrected chi connectivity index (χ2v) is 8.34. The number of Topliss-reactive ketones (excluding diaryl/α,β-unsaturated/α-hetero) is 1. The summed E-state index contributed by atoms with van der Waals surface area (Å²) >= 11 is 0. The first kappa shape index (κ1) is 20.3. The number of fused-ring (bicyclic) bond motifs is 1. The van der Waals surface area contributed by atoms with Gasteiger partial charge in [-0.25, -0.2) is 9.78 Å². The Labute approximate surface area is 173 Å². The van der Waals surface area contributed by atoms with Crippen molar-refractivity contribution in [3.63, 3.8) is 0 Å².